The smallest absolute Gasteiger partial charge is 0.192 e. The number of aliphatic hydroxyl groups is 1. The van der Waals surface area contributed by atoms with Crippen molar-refractivity contribution in [2.45, 2.75) is 134 Å². The largest absolute Gasteiger partial charge is 0.414 e. The van der Waals surface area contributed by atoms with Crippen LogP contribution >= 0.6 is 0 Å². The molecular weight excluding hydrogens is 496 g/mol. The van der Waals surface area contributed by atoms with Crippen LogP contribution in [0.15, 0.2) is 35.2 Å². The van der Waals surface area contributed by atoms with Gasteiger partial charge in [0.2, 0.25) is 0 Å². The molecule has 0 bridgehead atoms. The van der Waals surface area contributed by atoms with Gasteiger partial charge in [-0.15, -0.1) is 0 Å². The lowest BCUT2D eigenvalue weighted by atomic mass is 9.59. The van der Waals surface area contributed by atoms with E-state index in [1.54, 1.807) is 12.1 Å². The van der Waals surface area contributed by atoms with Crippen LogP contribution in [0, 0.1) is 23.2 Å². The molecule has 2 aliphatic rings. The maximum Gasteiger partial charge on any atom is 0.192 e. The Morgan fingerprint density at radius 2 is 1.73 bits per heavy atom. The van der Waals surface area contributed by atoms with E-state index in [1.165, 1.54) is 12.8 Å². The molecule has 0 unspecified atom stereocenters. The molecule has 0 aromatic heterocycles. The Morgan fingerprint density at radius 3 is 2.30 bits per heavy atom. The first-order valence-corrected chi connectivity index (χ1v) is 19.3. The van der Waals surface area contributed by atoms with Gasteiger partial charge in [0.05, 0.1) is 16.2 Å². The van der Waals surface area contributed by atoms with E-state index in [-0.39, 0.29) is 22.1 Å². The molecule has 3 rings (SSSR count). The van der Waals surface area contributed by atoms with Gasteiger partial charge in [-0.25, -0.2) is 8.42 Å². The first-order valence-electron chi connectivity index (χ1n) is 14.7. The van der Waals surface area contributed by atoms with E-state index >= 15 is 0 Å². The molecule has 0 amide bonds. The van der Waals surface area contributed by atoms with Crippen LogP contribution < -0.4 is 0 Å². The zero-order chi connectivity index (χ0) is 27.7. The zero-order valence-corrected chi connectivity index (χ0v) is 26.7. The summed E-state index contributed by atoms with van der Waals surface area (Å²) in [5, 5.41) is 10.5. The van der Waals surface area contributed by atoms with E-state index in [9.17, 15) is 13.5 Å². The molecule has 0 spiro atoms. The van der Waals surface area contributed by atoms with Crippen LogP contribution in [0.2, 0.25) is 18.1 Å². The molecule has 2 fully saturated rings. The standard InChI is InChI=1S/C31H54O4SSi/c1-9-31-22-14-18-28(35-37(7,8)29(2,3)4)27(31)20-19-26(31)24(15-13-21-30(5,6)32)23-36(33,34)25-16-11-10-12-17-25/h10-12,16-17,24,26-28,32H,9,13-15,18-23H2,1-8H3/t24-,26+,27-,28-,31+/m0/s1. The van der Waals surface area contributed by atoms with Gasteiger partial charge in [0, 0.05) is 6.10 Å². The van der Waals surface area contributed by atoms with Gasteiger partial charge in [0.15, 0.2) is 18.2 Å². The number of hydrogen-bond acceptors (Lipinski definition) is 4. The Bertz CT molecular complexity index is 977. The van der Waals surface area contributed by atoms with Gasteiger partial charge < -0.3 is 9.53 Å². The summed E-state index contributed by atoms with van der Waals surface area (Å²) < 4.78 is 34.3. The van der Waals surface area contributed by atoms with E-state index in [0.29, 0.717) is 29.3 Å². The second-order valence-electron chi connectivity index (χ2n) is 14.2. The highest BCUT2D eigenvalue weighted by Crippen LogP contribution is 2.61. The Labute approximate surface area is 229 Å². The van der Waals surface area contributed by atoms with Gasteiger partial charge in [0.25, 0.3) is 0 Å². The van der Waals surface area contributed by atoms with Crippen LogP contribution in [0.3, 0.4) is 0 Å². The molecular formula is C31H54O4SSi. The fourth-order valence-electron chi connectivity index (χ4n) is 7.28. The molecule has 2 aliphatic carbocycles. The van der Waals surface area contributed by atoms with Gasteiger partial charge >= 0.3 is 0 Å². The van der Waals surface area contributed by atoms with E-state index in [0.717, 1.165) is 38.5 Å². The lowest BCUT2D eigenvalue weighted by molar-refractivity contribution is -0.0360. The molecule has 0 radical (unpaired) electrons. The van der Waals surface area contributed by atoms with Crippen molar-refractivity contribution in [3.05, 3.63) is 30.3 Å². The Hall–Kier alpha value is -0.693. The minimum atomic E-state index is -3.38. The maximum atomic E-state index is 13.6. The van der Waals surface area contributed by atoms with Crippen molar-refractivity contribution >= 4 is 18.2 Å². The van der Waals surface area contributed by atoms with Crippen LogP contribution in [-0.2, 0) is 14.3 Å². The third-order valence-corrected chi connectivity index (χ3v) is 16.6. The lowest BCUT2D eigenvalue weighted by Gasteiger charge is -2.51. The average molecular weight is 551 g/mol. The van der Waals surface area contributed by atoms with Crippen LogP contribution in [0.4, 0.5) is 0 Å². The van der Waals surface area contributed by atoms with E-state index in [1.807, 2.05) is 32.0 Å². The molecule has 212 valence electrons. The first-order chi connectivity index (χ1) is 17.0. The summed E-state index contributed by atoms with van der Waals surface area (Å²) in [7, 11) is -5.28. The van der Waals surface area contributed by atoms with Crippen molar-refractivity contribution in [1.29, 1.82) is 0 Å². The lowest BCUT2D eigenvalue weighted by Crippen LogP contribution is -2.51. The molecule has 0 heterocycles. The van der Waals surface area contributed by atoms with Crippen LogP contribution in [-0.4, -0.2) is 39.3 Å². The second-order valence-corrected chi connectivity index (χ2v) is 21.0. The molecule has 1 N–H and O–H groups in total. The van der Waals surface area contributed by atoms with Crippen molar-refractivity contribution in [2.75, 3.05) is 5.75 Å². The first kappa shape index (κ1) is 30.8. The molecule has 1 aromatic carbocycles. The topological polar surface area (TPSA) is 63.6 Å². The van der Waals surface area contributed by atoms with Crippen molar-refractivity contribution in [3.8, 4) is 0 Å². The zero-order valence-electron chi connectivity index (χ0n) is 24.8. The molecule has 6 heteroatoms. The highest BCUT2D eigenvalue weighted by atomic mass is 32.2. The highest BCUT2D eigenvalue weighted by Gasteiger charge is 2.56. The van der Waals surface area contributed by atoms with Gasteiger partial charge in [-0.05, 0) is 112 Å². The summed E-state index contributed by atoms with van der Waals surface area (Å²) in [5.74, 6) is 1.20. The minimum Gasteiger partial charge on any atom is -0.414 e. The molecule has 1 aromatic rings. The van der Waals surface area contributed by atoms with Crippen molar-refractivity contribution < 1.29 is 18.0 Å². The molecule has 4 nitrogen and oxygen atoms in total. The predicted molar refractivity (Wildman–Crippen MR) is 157 cm³/mol. The number of fused-ring (bicyclic) bond motifs is 1. The van der Waals surface area contributed by atoms with Gasteiger partial charge in [-0.3, -0.25) is 0 Å². The van der Waals surface area contributed by atoms with Gasteiger partial charge in [-0.2, -0.15) is 0 Å². The fourth-order valence-corrected chi connectivity index (χ4v) is 10.4. The highest BCUT2D eigenvalue weighted by molar-refractivity contribution is 7.91. The summed E-state index contributed by atoms with van der Waals surface area (Å²) in [6.45, 7) is 17.7. The average Bonchev–Trinajstić information content (AvgIpc) is 3.18. The van der Waals surface area contributed by atoms with E-state index in [4.69, 9.17) is 4.43 Å². The van der Waals surface area contributed by atoms with Crippen LogP contribution in [0.1, 0.15) is 99.3 Å². The number of rotatable bonds is 11. The Kier molecular flexibility index (Phi) is 9.52. The molecule has 2 saturated carbocycles. The second kappa shape index (κ2) is 11.4. The van der Waals surface area contributed by atoms with Crippen LogP contribution in [0.25, 0.3) is 0 Å². The number of benzene rings is 1. The molecule has 5 atom stereocenters. The van der Waals surface area contributed by atoms with E-state index in [2.05, 4.69) is 40.8 Å². The third kappa shape index (κ3) is 7.09. The predicted octanol–water partition coefficient (Wildman–Crippen LogP) is 8.01. The molecule has 0 aliphatic heterocycles. The SMILES string of the molecule is CC[C@]12CCC[C@H](O[Si](C)(C)C(C)(C)C)[C@@H]1CC[C@@H]2[C@@H](CCCC(C)(C)O)CS(=O)(=O)c1ccccc1. The number of hydrogen-bond donors (Lipinski definition) is 1. The summed E-state index contributed by atoms with van der Waals surface area (Å²) in [6.07, 6.45) is 9.50. The van der Waals surface area contributed by atoms with Crippen molar-refractivity contribution in [1.82, 2.24) is 0 Å². The van der Waals surface area contributed by atoms with E-state index < -0.39 is 23.8 Å². The fraction of sp³-hybridized carbons (Fsp3) is 0.806. The Morgan fingerprint density at radius 1 is 1.08 bits per heavy atom. The number of sulfone groups is 1. The van der Waals surface area contributed by atoms with Crippen LogP contribution in [0.5, 0.6) is 0 Å². The maximum absolute atomic E-state index is 13.6. The van der Waals surface area contributed by atoms with Crippen molar-refractivity contribution in [2.24, 2.45) is 23.2 Å². The van der Waals surface area contributed by atoms with Crippen molar-refractivity contribution in [3.63, 3.8) is 0 Å². The molecule has 37 heavy (non-hydrogen) atoms. The summed E-state index contributed by atoms with van der Waals surface area (Å²) in [6, 6.07) is 8.98. The monoisotopic (exact) mass is 550 g/mol. The van der Waals surface area contributed by atoms with Gasteiger partial charge in [-0.1, -0.05) is 58.7 Å². The normalized spacial score (nSPS) is 28.2. The van der Waals surface area contributed by atoms with Gasteiger partial charge in [0.1, 0.15) is 0 Å². The summed E-state index contributed by atoms with van der Waals surface area (Å²) in [5.41, 5.74) is -0.576. The third-order valence-electron chi connectivity index (χ3n) is 10.2. The summed E-state index contributed by atoms with van der Waals surface area (Å²) in [4.78, 5) is 0.436. The quantitative estimate of drug-likeness (QED) is 0.283. The summed E-state index contributed by atoms with van der Waals surface area (Å²) >= 11 is 0. The molecule has 0 saturated heterocycles. The Balaban J connectivity index is 1.91. The minimum absolute atomic E-state index is 0.101.